The number of carbonyl (C=O) groups excluding carboxylic acids is 2. The third kappa shape index (κ3) is 4.89. The van der Waals surface area contributed by atoms with Crippen molar-refractivity contribution < 1.29 is 14.3 Å². The fraction of sp³-hybridized carbons (Fsp3) is 0.321. The van der Waals surface area contributed by atoms with E-state index < -0.39 is 5.97 Å². The van der Waals surface area contributed by atoms with Gasteiger partial charge in [-0.25, -0.2) is 19.4 Å². The Balaban J connectivity index is 1.37. The van der Waals surface area contributed by atoms with Crippen LogP contribution < -0.4 is 4.90 Å². The molecule has 1 fully saturated rings. The molecule has 2 aromatic carbocycles. The van der Waals surface area contributed by atoms with Crippen LogP contribution in [0.25, 0.3) is 16.7 Å². The number of benzene rings is 2. The Morgan fingerprint density at radius 3 is 2.24 bits per heavy atom. The molecular weight excluding hydrogens is 468 g/mol. The summed E-state index contributed by atoms with van der Waals surface area (Å²) >= 11 is 0. The minimum atomic E-state index is -0.494. The molecule has 9 nitrogen and oxygen atoms in total. The first-order valence-corrected chi connectivity index (χ1v) is 12.7. The molecule has 1 saturated heterocycles. The van der Waals surface area contributed by atoms with Gasteiger partial charge in [0.25, 0.3) is 5.91 Å². The zero-order valence-electron chi connectivity index (χ0n) is 21.1. The van der Waals surface area contributed by atoms with E-state index in [4.69, 9.17) is 9.72 Å². The molecule has 9 heteroatoms. The number of fused-ring (bicyclic) bond motifs is 1. The van der Waals surface area contributed by atoms with Gasteiger partial charge in [0.1, 0.15) is 0 Å². The van der Waals surface area contributed by atoms with E-state index in [-0.39, 0.29) is 18.2 Å². The Morgan fingerprint density at radius 1 is 0.892 bits per heavy atom. The summed E-state index contributed by atoms with van der Waals surface area (Å²) in [5, 5.41) is 4.55. The molecule has 0 atom stereocenters. The molecule has 1 aliphatic heterocycles. The minimum absolute atomic E-state index is 0.0273. The number of para-hydroxylation sites is 3. The number of hydrogen-bond donors (Lipinski definition) is 0. The molecule has 5 rings (SSSR count). The van der Waals surface area contributed by atoms with E-state index >= 15 is 0 Å². The largest absolute Gasteiger partial charge is 0.461 e. The van der Waals surface area contributed by atoms with Crippen LogP contribution in [0.15, 0.2) is 60.8 Å². The monoisotopic (exact) mass is 498 g/mol. The summed E-state index contributed by atoms with van der Waals surface area (Å²) in [6, 6.07) is 17.3. The third-order valence-corrected chi connectivity index (χ3v) is 6.47. The lowest BCUT2D eigenvalue weighted by atomic mass is 10.1. The molecule has 0 bridgehead atoms. The molecular formula is C28H30N6O3. The Bertz CT molecular complexity index is 1410. The highest BCUT2D eigenvalue weighted by Gasteiger charge is 2.29. The molecule has 1 aliphatic rings. The fourth-order valence-electron chi connectivity index (χ4n) is 4.66. The molecule has 0 aliphatic carbocycles. The van der Waals surface area contributed by atoms with Crippen molar-refractivity contribution in [2.75, 3.05) is 37.7 Å². The van der Waals surface area contributed by atoms with Crippen LogP contribution in [0.3, 0.4) is 0 Å². The lowest BCUT2D eigenvalue weighted by Gasteiger charge is -2.35. The van der Waals surface area contributed by atoms with E-state index in [0.717, 1.165) is 24.2 Å². The molecule has 4 aromatic rings. The number of carbonyl (C=O) groups is 2. The number of piperazine rings is 1. The van der Waals surface area contributed by atoms with Gasteiger partial charge in [-0.2, -0.15) is 5.10 Å². The molecule has 0 radical (unpaired) electrons. The number of amides is 1. The van der Waals surface area contributed by atoms with Crippen LogP contribution in [0.1, 0.15) is 46.8 Å². The van der Waals surface area contributed by atoms with E-state index in [1.54, 1.807) is 13.1 Å². The van der Waals surface area contributed by atoms with E-state index in [2.05, 4.69) is 17.0 Å². The van der Waals surface area contributed by atoms with Crippen LogP contribution in [0.5, 0.6) is 0 Å². The first-order chi connectivity index (χ1) is 18.1. The number of nitrogens with zero attached hydrogens (tertiary/aromatic N) is 6. The fourth-order valence-corrected chi connectivity index (χ4v) is 4.66. The van der Waals surface area contributed by atoms with Crippen molar-refractivity contribution in [2.45, 2.75) is 26.7 Å². The average Bonchev–Trinajstić information content (AvgIpc) is 3.36. The summed E-state index contributed by atoms with van der Waals surface area (Å²) in [6.07, 6.45) is 3.34. The van der Waals surface area contributed by atoms with Crippen LogP contribution in [-0.4, -0.2) is 69.3 Å². The number of hydrogen-bond acceptors (Lipinski definition) is 7. The maximum absolute atomic E-state index is 13.6. The van der Waals surface area contributed by atoms with Crippen molar-refractivity contribution in [3.8, 4) is 5.69 Å². The standard InChI is InChI=1S/C28H30N6O3/c1-3-10-24-21(19-29-34(24)20-11-6-5-7-12-20)27(35)33-17-15-32(16-18-33)26-25(28(36)37-4-2)30-22-13-8-9-14-23(22)31-26/h5-9,11-14,19H,3-4,10,15-18H2,1-2H3. The van der Waals surface area contributed by atoms with Gasteiger partial charge >= 0.3 is 5.97 Å². The van der Waals surface area contributed by atoms with Gasteiger partial charge in [0, 0.05) is 26.2 Å². The van der Waals surface area contributed by atoms with Gasteiger partial charge in [-0.3, -0.25) is 4.79 Å². The zero-order valence-corrected chi connectivity index (χ0v) is 21.1. The second-order valence-corrected chi connectivity index (χ2v) is 8.89. The normalized spacial score (nSPS) is 13.7. The third-order valence-electron chi connectivity index (χ3n) is 6.47. The molecule has 190 valence electrons. The number of rotatable bonds is 7. The van der Waals surface area contributed by atoms with E-state index in [0.29, 0.717) is 48.6 Å². The molecule has 0 unspecified atom stereocenters. The van der Waals surface area contributed by atoms with Crippen LogP contribution >= 0.6 is 0 Å². The summed E-state index contributed by atoms with van der Waals surface area (Å²) in [6.45, 7) is 6.17. The summed E-state index contributed by atoms with van der Waals surface area (Å²) in [7, 11) is 0. The summed E-state index contributed by atoms with van der Waals surface area (Å²) < 4.78 is 7.12. The predicted molar refractivity (Wildman–Crippen MR) is 141 cm³/mol. The van der Waals surface area contributed by atoms with Gasteiger partial charge in [-0.1, -0.05) is 43.7 Å². The number of anilines is 1. The van der Waals surface area contributed by atoms with Crippen LogP contribution in [0.4, 0.5) is 5.82 Å². The second kappa shape index (κ2) is 10.8. The molecule has 0 saturated carbocycles. The highest BCUT2D eigenvalue weighted by Crippen LogP contribution is 2.24. The Morgan fingerprint density at radius 2 is 1.57 bits per heavy atom. The summed E-state index contributed by atoms with van der Waals surface area (Å²) in [5.41, 5.74) is 4.05. The molecule has 0 N–H and O–H groups in total. The van der Waals surface area contributed by atoms with E-state index in [9.17, 15) is 9.59 Å². The Kier molecular flexibility index (Phi) is 7.11. The predicted octanol–water partition coefficient (Wildman–Crippen LogP) is 3.91. The van der Waals surface area contributed by atoms with Crippen LogP contribution in [0, 0.1) is 0 Å². The van der Waals surface area contributed by atoms with Crippen molar-refractivity contribution in [3.63, 3.8) is 0 Å². The Hall–Kier alpha value is -4.27. The van der Waals surface area contributed by atoms with Crippen LogP contribution in [0.2, 0.25) is 0 Å². The quantitative estimate of drug-likeness (QED) is 0.357. The SMILES string of the molecule is CCCc1c(C(=O)N2CCN(c3nc4ccccc4nc3C(=O)OCC)CC2)cnn1-c1ccccc1. The molecule has 0 spiro atoms. The second-order valence-electron chi connectivity index (χ2n) is 8.89. The first-order valence-electron chi connectivity index (χ1n) is 12.7. The van der Waals surface area contributed by atoms with Gasteiger partial charge in [-0.15, -0.1) is 0 Å². The highest BCUT2D eigenvalue weighted by molar-refractivity contribution is 5.96. The van der Waals surface area contributed by atoms with Gasteiger partial charge < -0.3 is 14.5 Å². The van der Waals surface area contributed by atoms with Crippen molar-refractivity contribution in [1.29, 1.82) is 0 Å². The number of aromatic nitrogens is 4. The lowest BCUT2D eigenvalue weighted by molar-refractivity contribution is 0.0519. The zero-order chi connectivity index (χ0) is 25.8. The highest BCUT2D eigenvalue weighted by atomic mass is 16.5. The first kappa shape index (κ1) is 24.4. The lowest BCUT2D eigenvalue weighted by Crippen LogP contribution is -2.49. The van der Waals surface area contributed by atoms with E-state index in [1.165, 1.54) is 0 Å². The smallest absolute Gasteiger partial charge is 0.360 e. The van der Waals surface area contributed by atoms with Gasteiger partial charge in [0.15, 0.2) is 11.5 Å². The summed E-state index contributed by atoms with van der Waals surface area (Å²) in [5.74, 6) is -0.0277. The van der Waals surface area contributed by atoms with Gasteiger partial charge in [0.05, 0.1) is 40.8 Å². The van der Waals surface area contributed by atoms with Crippen molar-refractivity contribution in [1.82, 2.24) is 24.6 Å². The summed E-state index contributed by atoms with van der Waals surface area (Å²) in [4.78, 5) is 39.4. The Labute approximate surface area is 215 Å². The van der Waals surface area contributed by atoms with Gasteiger partial charge in [-0.05, 0) is 37.6 Å². The topological polar surface area (TPSA) is 93.5 Å². The molecule has 37 heavy (non-hydrogen) atoms. The number of ether oxygens (including phenoxy) is 1. The average molecular weight is 499 g/mol. The molecule has 2 aromatic heterocycles. The number of esters is 1. The molecule has 3 heterocycles. The van der Waals surface area contributed by atoms with Gasteiger partial charge in [0.2, 0.25) is 0 Å². The van der Waals surface area contributed by atoms with Crippen LogP contribution in [-0.2, 0) is 11.2 Å². The minimum Gasteiger partial charge on any atom is -0.461 e. The van der Waals surface area contributed by atoms with Crippen molar-refractivity contribution in [3.05, 3.63) is 77.7 Å². The van der Waals surface area contributed by atoms with Crippen molar-refractivity contribution in [2.24, 2.45) is 0 Å². The van der Waals surface area contributed by atoms with E-state index in [1.807, 2.05) is 69.1 Å². The van der Waals surface area contributed by atoms with Crippen molar-refractivity contribution >= 4 is 28.7 Å². The molecule has 1 amide bonds. The maximum Gasteiger partial charge on any atom is 0.360 e. The maximum atomic E-state index is 13.6.